The van der Waals surface area contributed by atoms with Gasteiger partial charge >= 0.3 is 0 Å². The molecule has 124 valence electrons. The molecule has 0 spiro atoms. The van der Waals surface area contributed by atoms with Gasteiger partial charge in [0.15, 0.2) is 0 Å². The van der Waals surface area contributed by atoms with Crippen molar-refractivity contribution in [2.45, 2.75) is 26.3 Å². The highest BCUT2D eigenvalue weighted by Gasteiger charge is 2.12. The number of hydrogen-bond acceptors (Lipinski definition) is 5. The van der Waals surface area contributed by atoms with Gasteiger partial charge in [0.2, 0.25) is 5.95 Å². The van der Waals surface area contributed by atoms with Gasteiger partial charge in [-0.05, 0) is 31.5 Å². The number of nitrogens with zero attached hydrogens (tertiary/aromatic N) is 3. The molecule has 1 unspecified atom stereocenters. The van der Waals surface area contributed by atoms with Crippen LogP contribution in [0.15, 0.2) is 41.3 Å². The summed E-state index contributed by atoms with van der Waals surface area (Å²) in [4.78, 5) is 20.7. The quantitative estimate of drug-likeness (QED) is 0.718. The lowest BCUT2D eigenvalue weighted by Gasteiger charge is -2.16. The molecular formula is C17H17FN4O2. The first kappa shape index (κ1) is 15.9. The number of pyridine rings is 1. The molecule has 6 nitrogen and oxygen atoms in total. The van der Waals surface area contributed by atoms with E-state index in [1.54, 1.807) is 16.8 Å². The first-order valence-electron chi connectivity index (χ1n) is 7.63. The number of phenols is 1. The van der Waals surface area contributed by atoms with Gasteiger partial charge in [-0.2, -0.15) is 4.98 Å². The Bertz CT molecular complexity index is 955. The zero-order chi connectivity index (χ0) is 17.3. The second-order valence-electron chi connectivity index (χ2n) is 5.56. The number of rotatable bonds is 4. The molecule has 24 heavy (non-hydrogen) atoms. The summed E-state index contributed by atoms with van der Waals surface area (Å²) < 4.78 is 15.4. The molecule has 0 aliphatic heterocycles. The average molecular weight is 328 g/mol. The standard InChI is InChI=1S/C17H17FN4O2/c1-3-10(2)22-15(24)7-4-11-9-19-17(21-16(11)22)20-14-6-5-12(23)8-13(14)18/h4-10,23H,3H2,1-2H3,(H,19,20,21). The summed E-state index contributed by atoms with van der Waals surface area (Å²) in [5.41, 5.74) is 0.492. The monoisotopic (exact) mass is 328 g/mol. The van der Waals surface area contributed by atoms with E-state index in [4.69, 9.17) is 0 Å². The second-order valence-corrected chi connectivity index (χ2v) is 5.56. The van der Waals surface area contributed by atoms with Crippen LogP contribution in [0, 0.1) is 5.82 Å². The molecular weight excluding hydrogens is 311 g/mol. The minimum absolute atomic E-state index is 0.0191. The molecule has 0 saturated heterocycles. The number of anilines is 2. The number of benzene rings is 1. The lowest BCUT2D eigenvalue weighted by atomic mass is 10.2. The van der Waals surface area contributed by atoms with Gasteiger partial charge in [-0.15, -0.1) is 0 Å². The molecule has 3 aromatic rings. The highest BCUT2D eigenvalue weighted by molar-refractivity contribution is 5.75. The van der Waals surface area contributed by atoms with Crippen LogP contribution in [0.1, 0.15) is 26.3 Å². The molecule has 0 amide bonds. The van der Waals surface area contributed by atoms with Gasteiger partial charge in [0.1, 0.15) is 17.2 Å². The van der Waals surface area contributed by atoms with Crippen LogP contribution in [0.4, 0.5) is 16.0 Å². The van der Waals surface area contributed by atoms with Crippen molar-refractivity contribution in [3.63, 3.8) is 0 Å². The van der Waals surface area contributed by atoms with E-state index in [2.05, 4.69) is 15.3 Å². The maximum atomic E-state index is 13.8. The van der Waals surface area contributed by atoms with Gasteiger partial charge in [-0.1, -0.05) is 6.92 Å². The van der Waals surface area contributed by atoms with Crippen molar-refractivity contribution in [1.29, 1.82) is 0 Å². The number of nitrogens with one attached hydrogen (secondary N) is 1. The summed E-state index contributed by atoms with van der Waals surface area (Å²) in [5, 5.41) is 12.8. The molecule has 1 atom stereocenters. The fraction of sp³-hybridized carbons (Fsp3) is 0.235. The van der Waals surface area contributed by atoms with Gasteiger partial charge in [0, 0.05) is 29.8 Å². The van der Waals surface area contributed by atoms with Crippen molar-refractivity contribution in [2.75, 3.05) is 5.32 Å². The van der Waals surface area contributed by atoms with Crippen LogP contribution in [-0.4, -0.2) is 19.6 Å². The number of phenolic OH excluding ortho intramolecular Hbond substituents is 1. The molecule has 2 heterocycles. The van der Waals surface area contributed by atoms with Crippen molar-refractivity contribution < 1.29 is 9.50 Å². The van der Waals surface area contributed by atoms with Crippen molar-refractivity contribution in [3.8, 4) is 5.75 Å². The Labute approximate surface area is 137 Å². The van der Waals surface area contributed by atoms with Crippen LogP contribution in [-0.2, 0) is 0 Å². The molecule has 7 heteroatoms. The third-order valence-corrected chi connectivity index (χ3v) is 3.90. The summed E-state index contributed by atoms with van der Waals surface area (Å²) >= 11 is 0. The first-order valence-corrected chi connectivity index (χ1v) is 7.63. The molecule has 2 N–H and O–H groups in total. The summed E-state index contributed by atoms with van der Waals surface area (Å²) in [6, 6.07) is 6.89. The van der Waals surface area contributed by atoms with Crippen molar-refractivity contribution >= 4 is 22.7 Å². The number of aromatic hydroxyl groups is 1. The molecule has 0 bridgehead atoms. The Kier molecular flexibility index (Phi) is 4.16. The number of aromatic nitrogens is 3. The predicted molar refractivity (Wildman–Crippen MR) is 90.1 cm³/mol. The number of halogens is 1. The van der Waals surface area contributed by atoms with Crippen LogP contribution in [0.2, 0.25) is 0 Å². The minimum atomic E-state index is -0.619. The van der Waals surface area contributed by atoms with Crippen molar-refractivity contribution in [1.82, 2.24) is 14.5 Å². The van der Waals surface area contributed by atoms with E-state index >= 15 is 0 Å². The zero-order valence-electron chi connectivity index (χ0n) is 13.3. The van der Waals surface area contributed by atoms with E-state index in [1.807, 2.05) is 13.8 Å². The minimum Gasteiger partial charge on any atom is -0.508 e. The molecule has 0 aliphatic carbocycles. The second kappa shape index (κ2) is 6.27. The van der Waals surface area contributed by atoms with Crippen LogP contribution < -0.4 is 10.9 Å². The molecule has 3 rings (SSSR count). The molecule has 2 aromatic heterocycles. The number of fused-ring (bicyclic) bond motifs is 1. The molecule has 0 radical (unpaired) electrons. The highest BCUT2D eigenvalue weighted by atomic mass is 19.1. The maximum Gasteiger partial charge on any atom is 0.252 e. The Hall–Kier alpha value is -2.96. The van der Waals surface area contributed by atoms with Crippen LogP contribution in [0.3, 0.4) is 0 Å². The average Bonchev–Trinajstić information content (AvgIpc) is 2.56. The Morgan fingerprint density at radius 2 is 2.12 bits per heavy atom. The maximum absolute atomic E-state index is 13.8. The molecule has 1 aromatic carbocycles. The Morgan fingerprint density at radius 3 is 2.83 bits per heavy atom. The van der Waals surface area contributed by atoms with Crippen molar-refractivity contribution in [2.24, 2.45) is 0 Å². The van der Waals surface area contributed by atoms with Crippen LogP contribution in [0.5, 0.6) is 5.75 Å². The zero-order valence-corrected chi connectivity index (χ0v) is 13.3. The third kappa shape index (κ3) is 2.92. The van der Waals surface area contributed by atoms with E-state index in [0.717, 1.165) is 17.9 Å². The smallest absolute Gasteiger partial charge is 0.252 e. The van der Waals surface area contributed by atoms with Gasteiger partial charge in [0.05, 0.1) is 5.69 Å². The van der Waals surface area contributed by atoms with E-state index in [9.17, 15) is 14.3 Å². The van der Waals surface area contributed by atoms with Gasteiger partial charge in [-0.3, -0.25) is 9.36 Å². The highest BCUT2D eigenvalue weighted by Crippen LogP contribution is 2.23. The fourth-order valence-electron chi connectivity index (χ4n) is 2.43. The number of hydrogen-bond donors (Lipinski definition) is 2. The van der Waals surface area contributed by atoms with Gasteiger partial charge in [-0.25, -0.2) is 9.37 Å². The Balaban J connectivity index is 2.08. The lowest BCUT2D eigenvalue weighted by molar-refractivity contribution is 0.469. The molecule has 0 fully saturated rings. The Morgan fingerprint density at radius 1 is 1.33 bits per heavy atom. The van der Waals surface area contributed by atoms with Crippen LogP contribution in [0.25, 0.3) is 11.0 Å². The molecule has 0 saturated carbocycles. The lowest BCUT2D eigenvalue weighted by Crippen LogP contribution is -2.23. The van der Waals surface area contributed by atoms with E-state index in [0.29, 0.717) is 5.65 Å². The third-order valence-electron chi connectivity index (χ3n) is 3.90. The van der Waals surface area contributed by atoms with E-state index in [-0.39, 0.29) is 29.0 Å². The predicted octanol–water partition coefficient (Wildman–Crippen LogP) is 3.35. The summed E-state index contributed by atoms with van der Waals surface area (Å²) in [7, 11) is 0. The topological polar surface area (TPSA) is 80.0 Å². The van der Waals surface area contributed by atoms with E-state index in [1.165, 1.54) is 18.2 Å². The van der Waals surface area contributed by atoms with Gasteiger partial charge < -0.3 is 10.4 Å². The molecule has 0 aliphatic rings. The normalized spacial score (nSPS) is 12.3. The van der Waals surface area contributed by atoms with E-state index < -0.39 is 5.82 Å². The van der Waals surface area contributed by atoms with Gasteiger partial charge in [0.25, 0.3) is 5.56 Å². The summed E-state index contributed by atoms with van der Waals surface area (Å²) in [5.74, 6) is -0.607. The SMILES string of the molecule is CCC(C)n1c(=O)ccc2cnc(Nc3ccc(O)cc3F)nc21. The van der Waals surface area contributed by atoms with Crippen molar-refractivity contribution in [3.05, 3.63) is 52.7 Å². The summed E-state index contributed by atoms with van der Waals surface area (Å²) in [6.45, 7) is 3.93. The van der Waals surface area contributed by atoms with Crippen LogP contribution >= 0.6 is 0 Å². The largest absolute Gasteiger partial charge is 0.508 e. The fourth-order valence-corrected chi connectivity index (χ4v) is 2.43. The first-order chi connectivity index (χ1) is 11.5. The summed E-state index contributed by atoms with van der Waals surface area (Å²) in [6.07, 6.45) is 2.36.